The molecule has 3 aromatic rings. The molecular formula is C19H18ClN3O3. The van der Waals surface area contributed by atoms with Crippen LogP contribution >= 0.6 is 11.6 Å². The molecule has 0 saturated carbocycles. The van der Waals surface area contributed by atoms with Crippen molar-refractivity contribution in [1.82, 2.24) is 9.88 Å². The molecule has 6 nitrogen and oxygen atoms in total. The third kappa shape index (κ3) is 3.19. The van der Waals surface area contributed by atoms with Crippen molar-refractivity contribution in [2.75, 3.05) is 26.3 Å². The summed E-state index contributed by atoms with van der Waals surface area (Å²) in [6, 6.07) is 12.6. The molecule has 0 spiro atoms. The zero-order valence-electron chi connectivity index (χ0n) is 14.0. The van der Waals surface area contributed by atoms with Crippen LogP contribution in [0.1, 0.15) is 17.2 Å². The van der Waals surface area contributed by atoms with Gasteiger partial charge in [0.2, 0.25) is 0 Å². The van der Waals surface area contributed by atoms with Crippen LogP contribution in [0.4, 0.5) is 5.69 Å². The number of fused-ring (bicyclic) bond motifs is 1. The van der Waals surface area contributed by atoms with E-state index in [1.54, 1.807) is 12.1 Å². The van der Waals surface area contributed by atoms with Crippen molar-refractivity contribution >= 4 is 28.2 Å². The molecule has 0 radical (unpaired) electrons. The summed E-state index contributed by atoms with van der Waals surface area (Å²) in [5, 5.41) is 12.8. The average Bonchev–Trinajstić information content (AvgIpc) is 3.06. The Morgan fingerprint density at radius 2 is 1.88 bits per heavy atom. The highest BCUT2D eigenvalue weighted by Crippen LogP contribution is 2.35. The molecule has 1 saturated heterocycles. The summed E-state index contributed by atoms with van der Waals surface area (Å²) in [4.78, 5) is 16.3. The lowest BCUT2D eigenvalue weighted by Gasteiger charge is -2.34. The molecule has 1 unspecified atom stereocenters. The minimum absolute atomic E-state index is 0.00497. The van der Waals surface area contributed by atoms with Crippen LogP contribution in [0.25, 0.3) is 10.9 Å². The van der Waals surface area contributed by atoms with Gasteiger partial charge in [0.15, 0.2) is 0 Å². The molecule has 0 bridgehead atoms. The molecule has 1 fully saturated rings. The fraction of sp³-hybridized carbons (Fsp3) is 0.263. The summed E-state index contributed by atoms with van der Waals surface area (Å²) < 4.78 is 5.50. The number of hydrogen-bond donors (Lipinski definition) is 1. The molecule has 1 aliphatic heterocycles. The summed E-state index contributed by atoms with van der Waals surface area (Å²) in [7, 11) is 0. The Hall–Kier alpha value is -2.41. The topological polar surface area (TPSA) is 71.4 Å². The van der Waals surface area contributed by atoms with Crippen molar-refractivity contribution < 1.29 is 9.66 Å². The van der Waals surface area contributed by atoms with Crippen LogP contribution in [-0.4, -0.2) is 41.1 Å². The molecule has 1 N–H and O–H groups in total. The van der Waals surface area contributed by atoms with Crippen LogP contribution in [0.2, 0.25) is 5.02 Å². The van der Waals surface area contributed by atoms with Crippen molar-refractivity contribution in [3.8, 4) is 0 Å². The van der Waals surface area contributed by atoms with Crippen molar-refractivity contribution in [1.29, 1.82) is 0 Å². The number of nitro groups is 1. The first-order chi connectivity index (χ1) is 12.6. The predicted octanol–water partition coefficient (Wildman–Crippen LogP) is 4.15. The monoisotopic (exact) mass is 371 g/mol. The van der Waals surface area contributed by atoms with Gasteiger partial charge >= 0.3 is 0 Å². The van der Waals surface area contributed by atoms with Crippen LogP contribution in [0.3, 0.4) is 0 Å². The number of hydrogen-bond acceptors (Lipinski definition) is 4. The summed E-state index contributed by atoms with van der Waals surface area (Å²) >= 11 is 6.11. The van der Waals surface area contributed by atoms with Gasteiger partial charge in [0.1, 0.15) is 0 Å². The molecule has 4 rings (SSSR count). The van der Waals surface area contributed by atoms with Gasteiger partial charge in [0.25, 0.3) is 5.69 Å². The number of halogens is 1. The lowest BCUT2D eigenvalue weighted by molar-refractivity contribution is -0.384. The number of nitrogens with one attached hydrogen (secondary N) is 1. The molecule has 0 aliphatic carbocycles. The van der Waals surface area contributed by atoms with Gasteiger partial charge in [-0.1, -0.05) is 29.8 Å². The summed E-state index contributed by atoms with van der Waals surface area (Å²) in [6.45, 7) is 2.97. The third-order valence-electron chi connectivity index (χ3n) is 4.80. The Labute approximate surface area is 155 Å². The van der Waals surface area contributed by atoms with Gasteiger partial charge in [-0.2, -0.15) is 0 Å². The lowest BCUT2D eigenvalue weighted by atomic mass is 9.96. The minimum atomic E-state index is -0.374. The van der Waals surface area contributed by atoms with Gasteiger partial charge in [-0.15, -0.1) is 0 Å². The third-order valence-corrected chi connectivity index (χ3v) is 5.04. The maximum Gasteiger partial charge on any atom is 0.269 e. The average molecular weight is 372 g/mol. The van der Waals surface area contributed by atoms with Crippen molar-refractivity contribution in [2.24, 2.45) is 0 Å². The molecule has 7 heteroatoms. The van der Waals surface area contributed by atoms with Gasteiger partial charge in [-0.05, 0) is 23.3 Å². The fourth-order valence-corrected chi connectivity index (χ4v) is 3.72. The maximum atomic E-state index is 11.0. The largest absolute Gasteiger partial charge is 0.379 e. The number of nitrogens with zero attached hydrogens (tertiary/aromatic N) is 2. The number of H-pyrrole nitrogens is 1. The Kier molecular flexibility index (Phi) is 4.63. The first-order valence-electron chi connectivity index (χ1n) is 8.46. The van der Waals surface area contributed by atoms with E-state index in [4.69, 9.17) is 16.3 Å². The smallest absolute Gasteiger partial charge is 0.269 e. The number of benzene rings is 2. The van der Waals surface area contributed by atoms with E-state index in [0.717, 1.165) is 35.1 Å². The van der Waals surface area contributed by atoms with Crippen LogP contribution in [-0.2, 0) is 4.74 Å². The highest BCUT2D eigenvalue weighted by molar-refractivity contribution is 6.31. The Morgan fingerprint density at radius 3 is 2.58 bits per heavy atom. The van der Waals surface area contributed by atoms with Crippen LogP contribution in [0, 0.1) is 10.1 Å². The normalized spacial score (nSPS) is 16.7. The van der Waals surface area contributed by atoms with Crippen LogP contribution < -0.4 is 0 Å². The van der Waals surface area contributed by atoms with Crippen LogP contribution in [0.5, 0.6) is 0 Å². The van der Waals surface area contributed by atoms with Gasteiger partial charge < -0.3 is 9.72 Å². The van der Waals surface area contributed by atoms with Gasteiger partial charge in [0.05, 0.1) is 24.2 Å². The highest BCUT2D eigenvalue weighted by atomic mass is 35.5. The van der Waals surface area contributed by atoms with E-state index in [9.17, 15) is 10.1 Å². The van der Waals surface area contributed by atoms with E-state index in [1.807, 2.05) is 36.5 Å². The quantitative estimate of drug-likeness (QED) is 0.552. The van der Waals surface area contributed by atoms with Gasteiger partial charge in [-0.3, -0.25) is 15.0 Å². The number of aromatic nitrogens is 1. The molecule has 1 atom stereocenters. The number of non-ortho nitro benzene ring substituents is 1. The van der Waals surface area contributed by atoms with Crippen molar-refractivity contribution in [2.45, 2.75) is 6.04 Å². The SMILES string of the molecule is O=[N+]([O-])c1ccc(C(c2c[nH]c3cc(Cl)ccc23)N2CCOCC2)cc1. The number of aromatic amines is 1. The number of ether oxygens (including phenoxy) is 1. The molecule has 26 heavy (non-hydrogen) atoms. The van der Waals surface area contributed by atoms with E-state index in [2.05, 4.69) is 9.88 Å². The first kappa shape index (κ1) is 17.0. The Balaban J connectivity index is 1.80. The molecule has 1 aromatic heterocycles. The molecule has 0 amide bonds. The minimum Gasteiger partial charge on any atom is -0.379 e. The van der Waals surface area contributed by atoms with Crippen molar-refractivity contribution in [3.05, 3.63) is 74.9 Å². The van der Waals surface area contributed by atoms with Gasteiger partial charge in [-0.25, -0.2) is 0 Å². The maximum absolute atomic E-state index is 11.0. The number of morpholine rings is 1. The summed E-state index contributed by atoms with van der Waals surface area (Å²) in [5.74, 6) is 0. The predicted molar refractivity (Wildman–Crippen MR) is 101 cm³/mol. The Bertz CT molecular complexity index is 933. The molecule has 2 aromatic carbocycles. The van der Waals surface area contributed by atoms with E-state index >= 15 is 0 Å². The summed E-state index contributed by atoms with van der Waals surface area (Å²) in [5.41, 5.74) is 3.23. The van der Waals surface area contributed by atoms with Crippen molar-refractivity contribution in [3.63, 3.8) is 0 Å². The molecule has 1 aliphatic rings. The molecular weight excluding hydrogens is 354 g/mol. The van der Waals surface area contributed by atoms with E-state index < -0.39 is 0 Å². The van der Waals surface area contributed by atoms with E-state index in [0.29, 0.717) is 18.2 Å². The zero-order valence-corrected chi connectivity index (χ0v) is 14.8. The fourth-order valence-electron chi connectivity index (χ4n) is 3.55. The second-order valence-electron chi connectivity index (χ2n) is 6.33. The first-order valence-corrected chi connectivity index (χ1v) is 8.84. The second kappa shape index (κ2) is 7.07. The highest BCUT2D eigenvalue weighted by Gasteiger charge is 2.27. The summed E-state index contributed by atoms with van der Waals surface area (Å²) in [6.07, 6.45) is 2.00. The molecule has 2 heterocycles. The van der Waals surface area contributed by atoms with Gasteiger partial charge in [0, 0.05) is 47.3 Å². The Morgan fingerprint density at radius 1 is 1.15 bits per heavy atom. The lowest BCUT2D eigenvalue weighted by Crippen LogP contribution is -2.39. The standard InChI is InChI=1S/C19H18ClN3O3/c20-14-3-6-16-17(12-21-18(16)11-14)19(22-7-9-26-10-8-22)13-1-4-15(5-2-13)23(24)25/h1-6,11-12,19,21H,7-10H2. The van der Waals surface area contributed by atoms with E-state index in [1.165, 1.54) is 0 Å². The number of nitro benzene ring substituents is 1. The second-order valence-corrected chi connectivity index (χ2v) is 6.77. The van der Waals surface area contributed by atoms with E-state index in [-0.39, 0.29) is 16.7 Å². The number of rotatable bonds is 4. The van der Waals surface area contributed by atoms with Crippen LogP contribution in [0.15, 0.2) is 48.7 Å². The zero-order chi connectivity index (χ0) is 18.1. The molecule has 134 valence electrons.